The molecule has 0 bridgehead atoms. The minimum absolute atomic E-state index is 0.131. The van der Waals surface area contributed by atoms with Gasteiger partial charge in [-0.2, -0.15) is 18.3 Å². The number of anilines is 3. The molecule has 1 aliphatic heterocycles. The summed E-state index contributed by atoms with van der Waals surface area (Å²) in [5.41, 5.74) is -0.0568. The number of hydrogen-bond donors (Lipinski definition) is 2. The van der Waals surface area contributed by atoms with Gasteiger partial charge >= 0.3 is 6.18 Å². The standard InChI is InChI=1S/C21H19F5N6/c22-12-5-6-13(14(23)8-12)16-2-1-7-32(16)20-18(21(24,25)26)19(27-10-28-20)29-17-9-15(30-31-17)11-3-4-11/h5-6,8-11,16H,1-4,7H2,(H2,27,28,29,30,31). The molecule has 1 saturated carbocycles. The fourth-order valence-electron chi connectivity index (χ4n) is 4.19. The first-order valence-electron chi connectivity index (χ1n) is 10.3. The summed E-state index contributed by atoms with van der Waals surface area (Å²) in [5.74, 6) is -1.74. The molecule has 2 aromatic heterocycles. The highest BCUT2D eigenvalue weighted by Gasteiger charge is 2.42. The second-order valence-corrected chi connectivity index (χ2v) is 8.04. The van der Waals surface area contributed by atoms with Gasteiger partial charge in [-0.3, -0.25) is 5.10 Å². The van der Waals surface area contributed by atoms with Crippen LogP contribution in [0.15, 0.2) is 30.6 Å². The largest absolute Gasteiger partial charge is 0.423 e. The minimum Gasteiger partial charge on any atom is -0.349 e. The molecular formula is C21H19F5N6. The fraction of sp³-hybridized carbons (Fsp3) is 0.381. The summed E-state index contributed by atoms with van der Waals surface area (Å²) in [5, 5.41) is 9.53. The number of alkyl halides is 3. The van der Waals surface area contributed by atoms with Gasteiger partial charge in [0.1, 0.15) is 35.2 Å². The quantitative estimate of drug-likeness (QED) is 0.506. The van der Waals surface area contributed by atoms with Crippen molar-refractivity contribution >= 4 is 17.5 Å². The monoisotopic (exact) mass is 450 g/mol. The van der Waals surface area contributed by atoms with E-state index >= 15 is 0 Å². The summed E-state index contributed by atoms with van der Waals surface area (Å²) < 4.78 is 70.3. The third kappa shape index (κ3) is 3.87. The molecule has 11 heteroatoms. The molecule has 0 radical (unpaired) electrons. The number of aromatic nitrogens is 4. The first-order valence-corrected chi connectivity index (χ1v) is 10.3. The lowest BCUT2D eigenvalue weighted by Gasteiger charge is -2.29. The Morgan fingerprint density at radius 3 is 2.59 bits per heavy atom. The summed E-state index contributed by atoms with van der Waals surface area (Å²) in [4.78, 5) is 9.16. The predicted molar refractivity (Wildman–Crippen MR) is 107 cm³/mol. The lowest BCUT2D eigenvalue weighted by Crippen LogP contribution is -2.28. The summed E-state index contributed by atoms with van der Waals surface area (Å²) >= 11 is 0. The Morgan fingerprint density at radius 1 is 1.06 bits per heavy atom. The van der Waals surface area contributed by atoms with E-state index in [0.717, 1.165) is 37.0 Å². The summed E-state index contributed by atoms with van der Waals surface area (Å²) in [6, 6.07) is 4.07. The molecule has 168 valence electrons. The van der Waals surface area contributed by atoms with E-state index in [0.29, 0.717) is 18.8 Å². The highest BCUT2D eigenvalue weighted by Crippen LogP contribution is 2.45. The second kappa shape index (κ2) is 7.72. The zero-order valence-electron chi connectivity index (χ0n) is 16.8. The molecule has 0 spiro atoms. The number of rotatable bonds is 5. The van der Waals surface area contributed by atoms with Gasteiger partial charge in [0, 0.05) is 35.9 Å². The summed E-state index contributed by atoms with van der Waals surface area (Å²) in [6.45, 7) is 0.245. The van der Waals surface area contributed by atoms with Gasteiger partial charge in [-0.1, -0.05) is 6.07 Å². The fourth-order valence-corrected chi connectivity index (χ4v) is 4.19. The van der Waals surface area contributed by atoms with Gasteiger partial charge < -0.3 is 10.2 Å². The third-order valence-electron chi connectivity index (χ3n) is 5.82. The molecule has 2 aliphatic rings. The number of nitrogens with zero attached hydrogens (tertiary/aromatic N) is 4. The molecule has 0 amide bonds. The first kappa shape index (κ1) is 20.7. The molecule has 5 rings (SSSR count). The molecule has 1 atom stereocenters. The molecule has 1 aromatic carbocycles. The number of aromatic amines is 1. The maximum atomic E-state index is 14.4. The normalized spacial score (nSPS) is 18.9. The Balaban J connectivity index is 1.53. The van der Waals surface area contributed by atoms with Crippen LogP contribution < -0.4 is 10.2 Å². The Bertz CT molecular complexity index is 1140. The van der Waals surface area contributed by atoms with E-state index in [-0.39, 0.29) is 23.7 Å². The highest BCUT2D eigenvalue weighted by atomic mass is 19.4. The van der Waals surface area contributed by atoms with E-state index < -0.39 is 35.2 Å². The summed E-state index contributed by atoms with van der Waals surface area (Å²) in [7, 11) is 0. The van der Waals surface area contributed by atoms with Gasteiger partial charge in [0.15, 0.2) is 5.82 Å². The number of H-pyrrole nitrogens is 1. The number of benzene rings is 1. The van der Waals surface area contributed by atoms with Crippen LogP contribution in [0, 0.1) is 11.6 Å². The van der Waals surface area contributed by atoms with E-state index in [2.05, 4.69) is 25.5 Å². The number of hydrogen-bond acceptors (Lipinski definition) is 5. The Morgan fingerprint density at radius 2 is 1.88 bits per heavy atom. The molecule has 3 heterocycles. The van der Waals surface area contributed by atoms with Crippen LogP contribution in [0.5, 0.6) is 0 Å². The molecular weight excluding hydrogens is 431 g/mol. The molecule has 6 nitrogen and oxygen atoms in total. The van der Waals surface area contributed by atoms with Crippen molar-refractivity contribution in [3.05, 3.63) is 59.0 Å². The van der Waals surface area contributed by atoms with Gasteiger partial charge in [0.05, 0.1) is 6.04 Å². The maximum absolute atomic E-state index is 14.4. The molecule has 3 aromatic rings. The van der Waals surface area contributed by atoms with E-state index in [4.69, 9.17) is 0 Å². The minimum atomic E-state index is -4.77. The predicted octanol–water partition coefficient (Wildman–Crippen LogP) is 5.46. The topological polar surface area (TPSA) is 69.7 Å². The zero-order chi connectivity index (χ0) is 22.5. The highest BCUT2D eigenvalue weighted by molar-refractivity contribution is 5.66. The van der Waals surface area contributed by atoms with Crippen molar-refractivity contribution in [3.63, 3.8) is 0 Å². The van der Waals surface area contributed by atoms with Gasteiger partial charge in [-0.25, -0.2) is 18.7 Å². The SMILES string of the molecule is Fc1ccc(C2CCCN2c2ncnc(Nc3cc(C4CC4)[nH]n3)c2C(F)(F)F)c(F)c1. The van der Waals surface area contributed by atoms with Crippen molar-refractivity contribution in [3.8, 4) is 0 Å². The zero-order valence-corrected chi connectivity index (χ0v) is 16.8. The second-order valence-electron chi connectivity index (χ2n) is 8.04. The van der Waals surface area contributed by atoms with E-state index in [1.807, 2.05) is 0 Å². The van der Waals surface area contributed by atoms with Crippen LogP contribution in [0.3, 0.4) is 0 Å². The van der Waals surface area contributed by atoms with Crippen LogP contribution in [0.1, 0.15) is 54.5 Å². The van der Waals surface area contributed by atoms with Crippen LogP contribution in [0.4, 0.5) is 39.4 Å². The van der Waals surface area contributed by atoms with Crippen LogP contribution >= 0.6 is 0 Å². The van der Waals surface area contributed by atoms with Crippen LogP contribution in [0.25, 0.3) is 0 Å². The number of nitrogens with one attached hydrogen (secondary N) is 2. The van der Waals surface area contributed by atoms with Crippen molar-refractivity contribution in [1.82, 2.24) is 20.2 Å². The maximum Gasteiger partial charge on any atom is 0.423 e. The van der Waals surface area contributed by atoms with Crippen molar-refractivity contribution in [2.45, 2.75) is 43.8 Å². The first-order chi connectivity index (χ1) is 15.3. The molecule has 1 saturated heterocycles. The van der Waals surface area contributed by atoms with Crippen LogP contribution in [0.2, 0.25) is 0 Å². The van der Waals surface area contributed by atoms with E-state index in [1.165, 1.54) is 11.0 Å². The Kier molecular flexibility index (Phi) is 4.98. The Hall–Kier alpha value is -3.24. The van der Waals surface area contributed by atoms with Crippen molar-refractivity contribution in [2.75, 3.05) is 16.8 Å². The van der Waals surface area contributed by atoms with Crippen LogP contribution in [-0.4, -0.2) is 26.7 Å². The summed E-state index contributed by atoms with van der Waals surface area (Å²) in [6.07, 6.45) is -0.750. The van der Waals surface area contributed by atoms with Gasteiger partial charge in [0.25, 0.3) is 0 Å². The van der Waals surface area contributed by atoms with Crippen molar-refractivity contribution in [2.24, 2.45) is 0 Å². The molecule has 2 fully saturated rings. The molecule has 1 aliphatic carbocycles. The van der Waals surface area contributed by atoms with Crippen molar-refractivity contribution < 1.29 is 22.0 Å². The van der Waals surface area contributed by atoms with Gasteiger partial charge in [-0.05, 0) is 31.7 Å². The smallest absolute Gasteiger partial charge is 0.349 e. The average Bonchev–Trinajstić information content (AvgIpc) is 3.28. The lowest BCUT2D eigenvalue weighted by atomic mass is 10.0. The third-order valence-corrected chi connectivity index (χ3v) is 5.82. The molecule has 1 unspecified atom stereocenters. The average molecular weight is 450 g/mol. The van der Waals surface area contributed by atoms with Gasteiger partial charge in [-0.15, -0.1) is 0 Å². The molecule has 2 N–H and O–H groups in total. The Labute approximate surface area is 179 Å². The molecule has 32 heavy (non-hydrogen) atoms. The van der Waals surface area contributed by atoms with Gasteiger partial charge in [0.2, 0.25) is 0 Å². The van der Waals surface area contributed by atoms with E-state index in [9.17, 15) is 22.0 Å². The lowest BCUT2D eigenvalue weighted by molar-refractivity contribution is -0.136. The number of halogens is 5. The van der Waals surface area contributed by atoms with E-state index in [1.54, 1.807) is 6.07 Å². The van der Waals surface area contributed by atoms with Crippen LogP contribution in [-0.2, 0) is 6.18 Å². The van der Waals surface area contributed by atoms with Crippen molar-refractivity contribution in [1.29, 1.82) is 0 Å².